The van der Waals surface area contributed by atoms with Gasteiger partial charge in [0.15, 0.2) is 0 Å². The Morgan fingerprint density at radius 2 is 1.84 bits per heavy atom. The van der Waals surface area contributed by atoms with Crippen LogP contribution in [0.2, 0.25) is 0 Å². The normalized spacial score (nSPS) is 42.5. The Balaban J connectivity index is 0.00000272. The second-order valence-electron chi connectivity index (χ2n) is 12.4. The molecule has 8 atom stereocenters. The quantitative estimate of drug-likeness (QED) is 0.382. The molecule has 3 saturated carbocycles. The minimum absolute atomic E-state index is 0. The van der Waals surface area contributed by atoms with Gasteiger partial charge in [0, 0.05) is 6.42 Å². The Morgan fingerprint density at radius 3 is 2.55 bits per heavy atom. The van der Waals surface area contributed by atoms with Gasteiger partial charge in [-0.15, -0.1) is 0 Å². The van der Waals surface area contributed by atoms with Crippen molar-refractivity contribution in [2.45, 2.75) is 111 Å². The van der Waals surface area contributed by atoms with E-state index in [-0.39, 0.29) is 64.3 Å². The fourth-order valence-electron chi connectivity index (χ4n) is 8.82. The first kappa shape index (κ1) is 26.6. The molecule has 170 valence electrons. The van der Waals surface area contributed by atoms with Gasteiger partial charge < -0.3 is 9.53 Å². The number of carbonyl (C=O) groups excluding carboxylic acids is 1. The minimum atomic E-state index is 0. The number of hydrogen-bond donors (Lipinski definition) is 0. The standard InChI is InChI=1S/C28H45O2.Rb/c1-19(2)7-6-8-20(3)24-11-12-25-23-10-9-21-17-22(30-18-29)13-15-27(21,4)26(23)14-16-28(24,25)5;/h9,19-20,22-26H,6-8,10-17H2,1-5H3;/q-1;+1. The summed E-state index contributed by atoms with van der Waals surface area (Å²) in [5.74, 6) is 5.29. The van der Waals surface area contributed by atoms with Crippen LogP contribution in [-0.4, -0.2) is 12.6 Å². The van der Waals surface area contributed by atoms with Gasteiger partial charge in [0.2, 0.25) is 0 Å². The molecular formula is C28H45O2Rb. The fraction of sp³-hybridized carbons (Fsp3) is 0.893. The molecule has 0 radical (unpaired) electrons. The van der Waals surface area contributed by atoms with Gasteiger partial charge in [0.05, 0.1) is 6.10 Å². The molecule has 4 rings (SSSR count). The van der Waals surface area contributed by atoms with Crippen molar-refractivity contribution in [2.75, 3.05) is 0 Å². The number of fused-ring (bicyclic) bond motifs is 5. The molecule has 4 aliphatic rings. The van der Waals surface area contributed by atoms with Crippen molar-refractivity contribution >= 4 is 6.47 Å². The van der Waals surface area contributed by atoms with Crippen molar-refractivity contribution < 1.29 is 67.7 Å². The number of allylic oxidation sites excluding steroid dienone is 1. The number of ether oxygens (including phenoxy) is 1. The summed E-state index contributed by atoms with van der Waals surface area (Å²) >= 11 is 0. The van der Waals surface area contributed by atoms with Gasteiger partial charge in [-0.1, -0.05) is 72.0 Å². The monoisotopic (exact) mass is 498 g/mol. The summed E-state index contributed by atoms with van der Waals surface area (Å²) in [7, 11) is 0. The SMILES string of the molecule is CC(C)CCCC(C)C1CCC2C3CC=C4CC(O[C-]=O)CCC4(C)C3CCC12C.[Rb+]. The topological polar surface area (TPSA) is 26.3 Å². The second kappa shape index (κ2) is 10.7. The first-order valence-electron chi connectivity index (χ1n) is 13.0. The third kappa shape index (κ3) is 5.03. The van der Waals surface area contributed by atoms with Crippen LogP contribution in [0, 0.1) is 46.3 Å². The summed E-state index contributed by atoms with van der Waals surface area (Å²) in [6.07, 6.45) is 17.1. The first-order chi connectivity index (χ1) is 14.3. The predicted octanol–water partition coefficient (Wildman–Crippen LogP) is 4.48. The zero-order valence-electron chi connectivity index (χ0n) is 21.2. The van der Waals surface area contributed by atoms with Gasteiger partial charge in [0.25, 0.3) is 0 Å². The van der Waals surface area contributed by atoms with Crippen LogP contribution in [0.15, 0.2) is 11.6 Å². The van der Waals surface area contributed by atoms with Crippen molar-refractivity contribution in [1.29, 1.82) is 0 Å². The number of hydrogen-bond acceptors (Lipinski definition) is 2. The first-order valence-corrected chi connectivity index (χ1v) is 13.0. The minimum Gasteiger partial charge on any atom is -0.650 e. The molecule has 0 aromatic rings. The smallest absolute Gasteiger partial charge is 0.650 e. The van der Waals surface area contributed by atoms with Crippen molar-refractivity contribution in [3.05, 3.63) is 11.6 Å². The van der Waals surface area contributed by atoms with E-state index in [2.05, 4.69) is 40.7 Å². The van der Waals surface area contributed by atoms with Crippen LogP contribution in [0.5, 0.6) is 0 Å². The summed E-state index contributed by atoms with van der Waals surface area (Å²) < 4.78 is 5.24. The molecule has 0 aliphatic heterocycles. The molecule has 4 aliphatic carbocycles. The average Bonchev–Trinajstić information content (AvgIpc) is 3.05. The predicted molar refractivity (Wildman–Crippen MR) is 124 cm³/mol. The van der Waals surface area contributed by atoms with Crippen LogP contribution in [0.25, 0.3) is 0 Å². The van der Waals surface area contributed by atoms with Gasteiger partial charge in [-0.3, -0.25) is 0 Å². The largest absolute Gasteiger partial charge is 1.00 e. The molecule has 3 heteroatoms. The van der Waals surface area contributed by atoms with E-state index >= 15 is 0 Å². The van der Waals surface area contributed by atoms with Crippen molar-refractivity contribution in [2.24, 2.45) is 46.3 Å². The summed E-state index contributed by atoms with van der Waals surface area (Å²) in [6.45, 7) is 14.2. The van der Waals surface area contributed by atoms with Crippen LogP contribution in [0.3, 0.4) is 0 Å². The van der Waals surface area contributed by atoms with Crippen LogP contribution in [0.4, 0.5) is 0 Å². The number of rotatable bonds is 7. The second-order valence-corrected chi connectivity index (χ2v) is 12.4. The molecule has 0 aromatic heterocycles. The molecule has 0 heterocycles. The van der Waals surface area contributed by atoms with E-state index in [1.165, 1.54) is 57.8 Å². The van der Waals surface area contributed by atoms with Gasteiger partial charge >= 0.3 is 58.2 Å². The Morgan fingerprint density at radius 1 is 1.06 bits per heavy atom. The van der Waals surface area contributed by atoms with Crippen molar-refractivity contribution in [3.63, 3.8) is 0 Å². The van der Waals surface area contributed by atoms with Crippen LogP contribution in [0.1, 0.15) is 105 Å². The maximum atomic E-state index is 10.7. The van der Waals surface area contributed by atoms with Gasteiger partial charge in [-0.05, 0) is 91.3 Å². The van der Waals surface area contributed by atoms with E-state index in [1.54, 1.807) is 12.0 Å². The van der Waals surface area contributed by atoms with Crippen LogP contribution < -0.4 is 58.2 Å². The molecular weight excluding hydrogens is 454 g/mol. The fourth-order valence-corrected chi connectivity index (χ4v) is 8.82. The van der Waals surface area contributed by atoms with E-state index in [0.717, 1.165) is 48.3 Å². The van der Waals surface area contributed by atoms with E-state index in [1.807, 2.05) is 0 Å². The molecule has 0 aromatic carbocycles. The summed E-state index contributed by atoms with van der Waals surface area (Å²) in [5, 5.41) is 0. The van der Waals surface area contributed by atoms with E-state index in [0.29, 0.717) is 10.8 Å². The molecule has 0 spiro atoms. The molecule has 8 unspecified atom stereocenters. The van der Waals surface area contributed by atoms with Crippen LogP contribution >= 0.6 is 0 Å². The Bertz CT molecular complexity index is 657. The summed E-state index contributed by atoms with van der Waals surface area (Å²) in [4.78, 5) is 10.7. The Kier molecular flexibility index (Phi) is 9.22. The Hall–Kier alpha value is 1.02. The maximum Gasteiger partial charge on any atom is 1.00 e. The molecule has 0 bridgehead atoms. The molecule has 2 nitrogen and oxygen atoms in total. The molecule has 0 saturated heterocycles. The average molecular weight is 499 g/mol. The van der Waals surface area contributed by atoms with E-state index < -0.39 is 0 Å². The third-order valence-electron chi connectivity index (χ3n) is 10.5. The summed E-state index contributed by atoms with van der Waals surface area (Å²) in [6, 6.07) is 0. The molecule has 0 amide bonds. The zero-order chi connectivity index (χ0) is 21.5. The third-order valence-corrected chi connectivity index (χ3v) is 10.5. The molecule has 31 heavy (non-hydrogen) atoms. The summed E-state index contributed by atoms with van der Waals surface area (Å²) in [5.41, 5.74) is 2.50. The maximum absolute atomic E-state index is 10.7. The van der Waals surface area contributed by atoms with Gasteiger partial charge in [-0.25, -0.2) is 0 Å². The van der Waals surface area contributed by atoms with Gasteiger partial charge in [0.1, 0.15) is 0 Å². The van der Waals surface area contributed by atoms with E-state index in [9.17, 15) is 4.79 Å². The Labute approximate surface area is 240 Å². The van der Waals surface area contributed by atoms with E-state index in [4.69, 9.17) is 4.74 Å². The van der Waals surface area contributed by atoms with Crippen molar-refractivity contribution in [1.82, 2.24) is 0 Å². The molecule has 0 N–H and O–H groups in total. The molecule has 3 fully saturated rings. The van der Waals surface area contributed by atoms with Crippen molar-refractivity contribution in [3.8, 4) is 0 Å². The van der Waals surface area contributed by atoms with Gasteiger partial charge in [-0.2, -0.15) is 0 Å². The zero-order valence-corrected chi connectivity index (χ0v) is 26.1. The van der Waals surface area contributed by atoms with Crippen LogP contribution in [-0.2, 0) is 9.53 Å².